The van der Waals surface area contributed by atoms with Gasteiger partial charge in [0, 0.05) is 17.0 Å². The van der Waals surface area contributed by atoms with E-state index in [-0.39, 0.29) is 0 Å². The molecule has 0 fully saturated rings. The normalized spacial score (nSPS) is 10.0. The Hall–Kier alpha value is 0.650. The average Bonchev–Trinajstić information content (AvgIpc) is 1.65. The van der Waals surface area contributed by atoms with Crippen molar-refractivity contribution in [2.24, 2.45) is 11.5 Å². The molecule has 0 saturated carbocycles. The van der Waals surface area contributed by atoms with Crippen LogP contribution in [0.3, 0.4) is 0 Å². The summed E-state index contributed by atoms with van der Waals surface area (Å²) in [5, 5.41) is 0. The second kappa shape index (κ2) is 3.83. The van der Waals surface area contributed by atoms with Gasteiger partial charge in [0.2, 0.25) is 0 Å². The Morgan fingerprint density at radius 1 is 1.33 bits per heavy atom. The van der Waals surface area contributed by atoms with E-state index in [0.717, 1.165) is 0 Å². The maximum absolute atomic E-state index is 5.20. The molecule has 6 heavy (non-hydrogen) atoms. The monoisotopic (exact) mass is 200 g/mol. The van der Waals surface area contributed by atoms with Crippen molar-refractivity contribution >= 4 is 22.6 Å². The summed E-state index contributed by atoms with van der Waals surface area (Å²) in [5.74, 6) is 0. The summed E-state index contributed by atoms with van der Waals surface area (Å²) >= 11 is 2.22. The Morgan fingerprint density at radius 2 is 1.67 bits per heavy atom. The van der Waals surface area contributed by atoms with Gasteiger partial charge in [0.25, 0.3) is 0 Å². The molecule has 0 aromatic carbocycles. The molecule has 0 amide bonds. The van der Waals surface area contributed by atoms with Gasteiger partial charge in [-0.05, 0) is 0 Å². The molecular formula is C3H9IN2. The molecule has 0 heterocycles. The molecule has 38 valence electrons. The van der Waals surface area contributed by atoms with Crippen LogP contribution in [-0.4, -0.2) is 17.0 Å². The Morgan fingerprint density at radius 3 is 1.67 bits per heavy atom. The van der Waals surface area contributed by atoms with Gasteiger partial charge in [-0.3, -0.25) is 0 Å². The molecular weight excluding hydrogens is 191 g/mol. The zero-order chi connectivity index (χ0) is 4.99. The first-order valence-corrected chi connectivity index (χ1v) is 3.10. The van der Waals surface area contributed by atoms with E-state index in [9.17, 15) is 0 Å². The van der Waals surface area contributed by atoms with Gasteiger partial charge in [-0.15, -0.1) is 0 Å². The lowest BCUT2D eigenvalue weighted by atomic mass is 10.4. The fraction of sp³-hybridized carbons (Fsp3) is 1.00. The van der Waals surface area contributed by atoms with E-state index in [1.165, 1.54) is 0 Å². The van der Waals surface area contributed by atoms with Crippen LogP contribution < -0.4 is 11.5 Å². The molecule has 0 spiro atoms. The molecule has 2 nitrogen and oxygen atoms in total. The minimum atomic E-state index is 0.461. The lowest BCUT2D eigenvalue weighted by Gasteiger charge is -1.96. The number of rotatable bonds is 2. The maximum Gasteiger partial charge on any atom is 0.0355 e. The fourth-order valence-corrected chi connectivity index (χ4v) is 0.0962. The molecule has 0 aliphatic rings. The number of nitrogens with two attached hydrogens (primary N) is 2. The van der Waals surface area contributed by atoms with Crippen molar-refractivity contribution < 1.29 is 0 Å². The standard InChI is InChI=1S/C3H9IN2/c4-3(1-5)2-6/h3H,1-2,5-6H2. The maximum atomic E-state index is 5.20. The zero-order valence-corrected chi connectivity index (χ0v) is 5.68. The SMILES string of the molecule is NCC(I)CN. The van der Waals surface area contributed by atoms with E-state index in [1.807, 2.05) is 0 Å². The zero-order valence-electron chi connectivity index (χ0n) is 3.52. The Kier molecular flexibility index (Phi) is 4.24. The third kappa shape index (κ3) is 2.87. The molecule has 4 N–H and O–H groups in total. The van der Waals surface area contributed by atoms with Crippen molar-refractivity contribution in [3.63, 3.8) is 0 Å². The summed E-state index contributed by atoms with van der Waals surface area (Å²) in [5.41, 5.74) is 10.4. The van der Waals surface area contributed by atoms with E-state index >= 15 is 0 Å². The van der Waals surface area contributed by atoms with Crippen LogP contribution in [0, 0.1) is 0 Å². The topological polar surface area (TPSA) is 52.0 Å². The lowest BCUT2D eigenvalue weighted by molar-refractivity contribution is 0.891. The minimum Gasteiger partial charge on any atom is -0.329 e. The summed E-state index contributed by atoms with van der Waals surface area (Å²) in [6, 6.07) is 0. The smallest absolute Gasteiger partial charge is 0.0355 e. The van der Waals surface area contributed by atoms with Gasteiger partial charge in [-0.25, -0.2) is 0 Å². The predicted molar refractivity (Wildman–Crippen MR) is 35.9 cm³/mol. The van der Waals surface area contributed by atoms with E-state index in [1.54, 1.807) is 0 Å². The van der Waals surface area contributed by atoms with Gasteiger partial charge >= 0.3 is 0 Å². The van der Waals surface area contributed by atoms with Crippen LogP contribution in [0.5, 0.6) is 0 Å². The first kappa shape index (κ1) is 6.65. The first-order chi connectivity index (χ1) is 2.81. The molecule has 0 radical (unpaired) electrons. The Bertz CT molecular complexity index is 28.0. The largest absolute Gasteiger partial charge is 0.329 e. The number of halogens is 1. The minimum absolute atomic E-state index is 0.461. The number of hydrogen-bond acceptors (Lipinski definition) is 2. The van der Waals surface area contributed by atoms with Crippen LogP contribution in [0.25, 0.3) is 0 Å². The molecule has 0 saturated heterocycles. The second-order valence-corrected chi connectivity index (χ2v) is 2.83. The van der Waals surface area contributed by atoms with Crippen molar-refractivity contribution in [3.8, 4) is 0 Å². The van der Waals surface area contributed by atoms with Gasteiger partial charge in [-0.1, -0.05) is 22.6 Å². The molecule has 0 unspecified atom stereocenters. The summed E-state index contributed by atoms with van der Waals surface area (Å²) < 4.78 is 0.461. The third-order valence-corrected chi connectivity index (χ3v) is 1.53. The third-order valence-electron chi connectivity index (χ3n) is 0.512. The average molecular weight is 200 g/mol. The van der Waals surface area contributed by atoms with Crippen molar-refractivity contribution in [1.29, 1.82) is 0 Å². The fourth-order valence-electron chi connectivity index (χ4n) is 0.0962. The van der Waals surface area contributed by atoms with Crippen LogP contribution in [0.15, 0.2) is 0 Å². The molecule has 3 heteroatoms. The highest BCUT2D eigenvalue weighted by atomic mass is 127. The van der Waals surface area contributed by atoms with Gasteiger partial charge in [0.1, 0.15) is 0 Å². The Balaban J connectivity index is 2.75. The first-order valence-electron chi connectivity index (χ1n) is 1.85. The summed E-state index contributed by atoms with van der Waals surface area (Å²) in [6.45, 7) is 1.38. The van der Waals surface area contributed by atoms with Crippen molar-refractivity contribution in [3.05, 3.63) is 0 Å². The molecule has 0 aromatic rings. The molecule has 0 aliphatic carbocycles. The van der Waals surface area contributed by atoms with Crippen LogP contribution in [-0.2, 0) is 0 Å². The van der Waals surface area contributed by atoms with Gasteiger partial charge < -0.3 is 11.5 Å². The van der Waals surface area contributed by atoms with Gasteiger partial charge in [0.15, 0.2) is 0 Å². The van der Waals surface area contributed by atoms with E-state index < -0.39 is 0 Å². The van der Waals surface area contributed by atoms with Crippen LogP contribution in [0.2, 0.25) is 0 Å². The highest BCUT2D eigenvalue weighted by Crippen LogP contribution is 1.91. The Labute approximate surface area is 51.4 Å². The van der Waals surface area contributed by atoms with Crippen molar-refractivity contribution in [1.82, 2.24) is 0 Å². The molecule has 0 aliphatic heterocycles. The van der Waals surface area contributed by atoms with Gasteiger partial charge in [-0.2, -0.15) is 0 Å². The number of alkyl halides is 1. The number of hydrogen-bond donors (Lipinski definition) is 2. The molecule has 0 aromatic heterocycles. The summed E-state index contributed by atoms with van der Waals surface area (Å²) in [7, 11) is 0. The van der Waals surface area contributed by atoms with Gasteiger partial charge in [0.05, 0.1) is 0 Å². The predicted octanol–water partition coefficient (Wildman–Crippen LogP) is -0.293. The van der Waals surface area contributed by atoms with E-state index in [2.05, 4.69) is 22.6 Å². The lowest BCUT2D eigenvalue weighted by Crippen LogP contribution is -2.22. The van der Waals surface area contributed by atoms with Crippen molar-refractivity contribution in [2.75, 3.05) is 13.1 Å². The molecule has 0 rings (SSSR count). The van der Waals surface area contributed by atoms with Crippen molar-refractivity contribution in [2.45, 2.75) is 3.92 Å². The van der Waals surface area contributed by atoms with E-state index in [4.69, 9.17) is 11.5 Å². The highest BCUT2D eigenvalue weighted by molar-refractivity contribution is 14.1. The quantitative estimate of drug-likeness (QED) is 0.475. The second-order valence-electron chi connectivity index (χ2n) is 1.07. The molecule has 0 bridgehead atoms. The van der Waals surface area contributed by atoms with Crippen LogP contribution in [0.4, 0.5) is 0 Å². The highest BCUT2D eigenvalue weighted by Gasteiger charge is 1.91. The van der Waals surface area contributed by atoms with Crippen LogP contribution >= 0.6 is 22.6 Å². The van der Waals surface area contributed by atoms with Crippen LogP contribution in [0.1, 0.15) is 0 Å². The summed E-state index contributed by atoms with van der Waals surface area (Å²) in [6.07, 6.45) is 0. The summed E-state index contributed by atoms with van der Waals surface area (Å²) in [4.78, 5) is 0. The van der Waals surface area contributed by atoms with E-state index in [0.29, 0.717) is 17.0 Å². The molecule has 0 atom stereocenters.